The fourth-order valence-electron chi connectivity index (χ4n) is 3.45. The minimum Gasteiger partial charge on any atom is -0.490 e. The maximum absolute atomic E-state index is 11.9. The number of ether oxygens (including phenoxy) is 1. The largest absolute Gasteiger partial charge is 0.490 e. The number of carbonyl (C=O) groups is 1. The zero-order valence-electron chi connectivity index (χ0n) is 15.9. The molecule has 1 saturated heterocycles. The first-order valence-corrected chi connectivity index (χ1v) is 11.6. The summed E-state index contributed by atoms with van der Waals surface area (Å²) in [6.07, 6.45) is 0.403. The van der Waals surface area contributed by atoms with Gasteiger partial charge in [0.1, 0.15) is 18.5 Å². The van der Waals surface area contributed by atoms with E-state index in [4.69, 9.17) is 16.3 Å². The maximum atomic E-state index is 11.9. The Bertz CT molecular complexity index is 932. The lowest BCUT2D eigenvalue weighted by Gasteiger charge is -2.30. The molecule has 29 heavy (non-hydrogen) atoms. The van der Waals surface area contributed by atoms with Crippen molar-refractivity contribution in [2.45, 2.75) is 25.1 Å². The molecule has 1 heterocycles. The Balaban J connectivity index is 1.66. The molecule has 0 amide bonds. The normalized spacial score (nSPS) is 19.2. The molecule has 0 aliphatic carbocycles. The molecular formula is C21H24ClNO5S. The summed E-state index contributed by atoms with van der Waals surface area (Å²) < 4.78 is 29.5. The molecule has 0 radical (unpaired) electrons. The number of para-hydroxylation sites is 1. The molecule has 0 saturated carbocycles. The van der Waals surface area contributed by atoms with Gasteiger partial charge in [0.2, 0.25) is 0 Å². The van der Waals surface area contributed by atoms with E-state index in [1.54, 1.807) is 36.4 Å². The fraction of sp³-hybridized carbons (Fsp3) is 0.381. The van der Waals surface area contributed by atoms with Crippen molar-refractivity contribution in [3.8, 4) is 5.75 Å². The molecule has 0 bridgehead atoms. The zero-order chi connectivity index (χ0) is 20.9. The van der Waals surface area contributed by atoms with Crippen molar-refractivity contribution in [3.05, 3.63) is 64.7 Å². The topological polar surface area (TPSA) is 83.9 Å². The molecule has 2 unspecified atom stereocenters. The van der Waals surface area contributed by atoms with Gasteiger partial charge in [0, 0.05) is 24.2 Å². The van der Waals surface area contributed by atoms with Crippen LogP contribution in [0.15, 0.2) is 48.5 Å². The highest BCUT2D eigenvalue weighted by atomic mass is 35.5. The van der Waals surface area contributed by atoms with Crippen LogP contribution in [0.1, 0.15) is 22.3 Å². The van der Waals surface area contributed by atoms with Crippen LogP contribution in [0, 0.1) is 0 Å². The molecule has 2 aromatic carbocycles. The van der Waals surface area contributed by atoms with Crippen LogP contribution in [-0.4, -0.2) is 61.5 Å². The number of aliphatic hydroxyl groups excluding tert-OH is 1. The van der Waals surface area contributed by atoms with E-state index in [1.807, 2.05) is 17.0 Å². The number of aldehydes is 1. The standard InChI is InChI=1S/C21H24ClNO5S/c22-18-7-5-16(6-8-18)11-23(19-9-10-29(26,27)15-19)12-20(25)14-28-21-4-2-1-3-17(21)13-24/h1-8,13,19-20,25H,9-12,14-15H2. The first-order chi connectivity index (χ1) is 13.9. The van der Waals surface area contributed by atoms with Gasteiger partial charge in [0.05, 0.1) is 17.1 Å². The predicted molar refractivity (Wildman–Crippen MR) is 112 cm³/mol. The lowest BCUT2D eigenvalue weighted by atomic mass is 10.1. The van der Waals surface area contributed by atoms with Crippen LogP contribution < -0.4 is 4.74 Å². The average Bonchev–Trinajstić information content (AvgIpc) is 3.07. The molecular weight excluding hydrogens is 414 g/mol. The summed E-state index contributed by atoms with van der Waals surface area (Å²) in [6, 6.07) is 14.0. The molecule has 1 fully saturated rings. The van der Waals surface area contributed by atoms with Crippen molar-refractivity contribution in [2.24, 2.45) is 0 Å². The highest BCUT2D eigenvalue weighted by molar-refractivity contribution is 7.91. The number of carbonyl (C=O) groups excluding carboxylic acids is 1. The summed E-state index contributed by atoms with van der Waals surface area (Å²) in [5.74, 6) is 0.658. The number of aliphatic hydroxyl groups is 1. The Morgan fingerprint density at radius 3 is 2.59 bits per heavy atom. The van der Waals surface area contributed by atoms with Crippen LogP contribution in [0.2, 0.25) is 5.02 Å². The van der Waals surface area contributed by atoms with Crippen LogP contribution in [0.4, 0.5) is 0 Å². The predicted octanol–water partition coefficient (Wildman–Crippen LogP) is 2.58. The third-order valence-electron chi connectivity index (χ3n) is 4.95. The number of hydrogen-bond acceptors (Lipinski definition) is 6. The third-order valence-corrected chi connectivity index (χ3v) is 6.95. The van der Waals surface area contributed by atoms with E-state index in [2.05, 4.69) is 0 Å². The molecule has 3 rings (SSSR count). The second-order valence-corrected chi connectivity index (χ2v) is 9.90. The second kappa shape index (κ2) is 9.71. The van der Waals surface area contributed by atoms with E-state index in [0.717, 1.165) is 5.56 Å². The number of nitrogens with zero attached hydrogens (tertiary/aromatic N) is 1. The Labute approximate surface area is 176 Å². The summed E-state index contributed by atoms with van der Waals surface area (Å²) in [6.45, 7) is 0.757. The molecule has 8 heteroatoms. The van der Waals surface area contributed by atoms with E-state index in [0.29, 0.717) is 35.6 Å². The van der Waals surface area contributed by atoms with Gasteiger partial charge in [0.15, 0.2) is 16.1 Å². The van der Waals surface area contributed by atoms with Crippen molar-refractivity contribution >= 4 is 27.7 Å². The van der Waals surface area contributed by atoms with Gasteiger partial charge in [0.25, 0.3) is 0 Å². The van der Waals surface area contributed by atoms with Crippen molar-refractivity contribution in [1.82, 2.24) is 4.90 Å². The minimum absolute atomic E-state index is 0.00143. The monoisotopic (exact) mass is 437 g/mol. The second-order valence-electron chi connectivity index (χ2n) is 7.23. The lowest BCUT2D eigenvalue weighted by Crippen LogP contribution is -2.42. The minimum atomic E-state index is -3.05. The first kappa shape index (κ1) is 21.8. The average molecular weight is 438 g/mol. The van der Waals surface area contributed by atoms with Gasteiger partial charge in [-0.2, -0.15) is 0 Å². The molecule has 0 aromatic heterocycles. The molecule has 156 valence electrons. The molecule has 2 atom stereocenters. The van der Waals surface area contributed by atoms with Gasteiger partial charge in [-0.15, -0.1) is 0 Å². The van der Waals surface area contributed by atoms with E-state index >= 15 is 0 Å². The lowest BCUT2D eigenvalue weighted by molar-refractivity contribution is 0.0522. The summed E-state index contributed by atoms with van der Waals surface area (Å²) in [5, 5.41) is 11.2. The zero-order valence-corrected chi connectivity index (χ0v) is 17.5. The summed E-state index contributed by atoms with van der Waals surface area (Å²) in [4.78, 5) is 13.1. The van der Waals surface area contributed by atoms with E-state index in [-0.39, 0.29) is 30.7 Å². The smallest absolute Gasteiger partial charge is 0.153 e. The maximum Gasteiger partial charge on any atom is 0.153 e. The summed E-state index contributed by atoms with van der Waals surface area (Å²) >= 11 is 5.95. The number of rotatable bonds is 9. The van der Waals surface area contributed by atoms with Crippen LogP contribution in [-0.2, 0) is 16.4 Å². The quantitative estimate of drug-likeness (QED) is 0.607. The van der Waals surface area contributed by atoms with E-state index in [9.17, 15) is 18.3 Å². The summed E-state index contributed by atoms with van der Waals surface area (Å²) in [7, 11) is -3.05. The van der Waals surface area contributed by atoms with Crippen molar-refractivity contribution in [3.63, 3.8) is 0 Å². The highest BCUT2D eigenvalue weighted by Gasteiger charge is 2.33. The molecule has 2 aromatic rings. The molecule has 1 N–H and O–H groups in total. The van der Waals surface area contributed by atoms with E-state index in [1.165, 1.54) is 0 Å². The summed E-state index contributed by atoms with van der Waals surface area (Å²) in [5.41, 5.74) is 1.40. The number of benzene rings is 2. The first-order valence-electron chi connectivity index (χ1n) is 9.40. The van der Waals surface area contributed by atoms with Crippen molar-refractivity contribution in [1.29, 1.82) is 0 Å². The molecule has 0 spiro atoms. The Kier molecular flexibility index (Phi) is 7.29. The van der Waals surface area contributed by atoms with Crippen LogP contribution in [0.25, 0.3) is 0 Å². The molecule has 1 aliphatic heterocycles. The van der Waals surface area contributed by atoms with Crippen LogP contribution in [0.3, 0.4) is 0 Å². The number of hydrogen-bond donors (Lipinski definition) is 1. The third kappa shape index (κ3) is 6.27. The van der Waals surface area contributed by atoms with Gasteiger partial charge in [-0.25, -0.2) is 8.42 Å². The Morgan fingerprint density at radius 2 is 1.93 bits per heavy atom. The van der Waals surface area contributed by atoms with Gasteiger partial charge in [-0.1, -0.05) is 35.9 Å². The Morgan fingerprint density at radius 1 is 1.21 bits per heavy atom. The number of halogens is 1. The fourth-order valence-corrected chi connectivity index (χ4v) is 5.34. The van der Waals surface area contributed by atoms with Crippen molar-refractivity contribution < 1.29 is 23.1 Å². The number of sulfone groups is 1. The van der Waals surface area contributed by atoms with Crippen LogP contribution >= 0.6 is 11.6 Å². The van der Waals surface area contributed by atoms with Gasteiger partial charge >= 0.3 is 0 Å². The van der Waals surface area contributed by atoms with Crippen molar-refractivity contribution in [2.75, 3.05) is 24.7 Å². The highest BCUT2D eigenvalue weighted by Crippen LogP contribution is 2.22. The Hall–Kier alpha value is -1.93. The molecule has 1 aliphatic rings. The van der Waals surface area contributed by atoms with Crippen LogP contribution in [0.5, 0.6) is 5.75 Å². The van der Waals surface area contributed by atoms with Gasteiger partial charge < -0.3 is 9.84 Å². The SMILES string of the molecule is O=Cc1ccccc1OCC(O)CN(Cc1ccc(Cl)cc1)C1CCS(=O)(=O)C1. The van der Waals surface area contributed by atoms with E-state index < -0.39 is 15.9 Å². The molecule has 6 nitrogen and oxygen atoms in total. The van der Waals surface area contributed by atoms with Gasteiger partial charge in [-0.3, -0.25) is 9.69 Å². The van der Waals surface area contributed by atoms with Gasteiger partial charge in [-0.05, 0) is 36.2 Å².